The maximum atomic E-state index is 12.5. The Hall–Kier alpha value is -1.65. The van der Waals surface area contributed by atoms with Gasteiger partial charge in [0.2, 0.25) is 0 Å². The SMILES string of the molecule is CCOC1=CN(C)C(=C(C(=O)C(F)(F)F)C(=O)C(F)(F)F)S1. The smallest absolute Gasteiger partial charge is 0.455 e. The van der Waals surface area contributed by atoms with Crippen LogP contribution in [0.1, 0.15) is 6.92 Å². The fraction of sp³-hybridized carbons (Fsp3) is 0.455. The molecule has 0 bridgehead atoms. The van der Waals surface area contributed by atoms with E-state index in [1.54, 1.807) is 6.92 Å². The van der Waals surface area contributed by atoms with E-state index in [4.69, 9.17) is 4.74 Å². The van der Waals surface area contributed by atoms with Crippen molar-refractivity contribution in [1.82, 2.24) is 4.90 Å². The molecule has 0 unspecified atom stereocenters. The summed E-state index contributed by atoms with van der Waals surface area (Å²) < 4.78 is 79.9. The largest absolute Gasteiger partial charge is 0.486 e. The molecule has 0 saturated heterocycles. The fourth-order valence-electron chi connectivity index (χ4n) is 1.43. The Labute approximate surface area is 124 Å². The summed E-state index contributed by atoms with van der Waals surface area (Å²) >= 11 is 0.343. The number of hydrogen-bond acceptors (Lipinski definition) is 5. The van der Waals surface area contributed by atoms with Gasteiger partial charge in [-0.15, -0.1) is 0 Å². The van der Waals surface area contributed by atoms with Gasteiger partial charge in [-0.25, -0.2) is 0 Å². The minimum absolute atomic E-state index is 0.0255. The highest BCUT2D eigenvalue weighted by Crippen LogP contribution is 2.41. The number of carbonyl (C=O) groups is 2. The molecule has 0 amide bonds. The second-order valence-corrected chi connectivity index (χ2v) is 4.92. The van der Waals surface area contributed by atoms with Gasteiger partial charge in [0.15, 0.2) is 5.09 Å². The predicted molar refractivity (Wildman–Crippen MR) is 64.2 cm³/mol. The number of nitrogens with zero attached hydrogens (tertiary/aromatic N) is 1. The molecule has 0 saturated carbocycles. The maximum Gasteiger partial charge on any atom is 0.455 e. The van der Waals surface area contributed by atoms with Gasteiger partial charge in [0, 0.05) is 7.05 Å². The molecule has 124 valence electrons. The lowest BCUT2D eigenvalue weighted by Crippen LogP contribution is -2.36. The molecule has 0 fully saturated rings. The Balaban J connectivity index is 3.37. The van der Waals surface area contributed by atoms with Crippen LogP contribution in [-0.2, 0) is 14.3 Å². The lowest BCUT2D eigenvalue weighted by molar-refractivity contribution is -0.175. The van der Waals surface area contributed by atoms with Crippen LogP contribution in [0.3, 0.4) is 0 Å². The Morgan fingerprint density at radius 3 is 1.95 bits per heavy atom. The van der Waals surface area contributed by atoms with Crippen molar-refractivity contribution >= 4 is 23.3 Å². The summed E-state index contributed by atoms with van der Waals surface area (Å²) in [7, 11) is 1.10. The van der Waals surface area contributed by atoms with Crippen molar-refractivity contribution in [1.29, 1.82) is 0 Å². The zero-order valence-corrected chi connectivity index (χ0v) is 11.9. The number of ether oxygens (including phenoxy) is 1. The van der Waals surface area contributed by atoms with Crippen LogP contribution in [0.2, 0.25) is 0 Å². The molecule has 0 spiro atoms. The number of halogens is 6. The normalized spacial score (nSPS) is 15.7. The Morgan fingerprint density at radius 1 is 1.14 bits per heavy atom. The van der Waals surface area contributed by atoms with Crippen LogP contribution in [0.25, 0.3) is 0 Å². The van der Waals surface area contributed by atoms with Crippen LogP contribution < -0.4 is 0 Å². The van der Waals surface area contributed by atoms with Gasteiger partial charge in [-0.3, -0.25) is 9.59 Å². The number of allylic oxidation sites excluding steroid dienone is 1. The van der Waals surface area contributed by atoms with Gasteiger partial charge in [0.05, 0.1) is 17.8 Å². The van der Waals surface area contributed by atoms with Crippen LogP contribution in [0.4, 0.5) is 26.3 Å². The summed E-state index contributed by atoms with van der Waals surface area (Å²) in [4.78, 5) is 23.3. The zero-order chi connectivity index (χ0) is 17.3. The minimum Gasteiger partial charge on any atom is -0.486 e. The highest BCUT2D eigenvalue weighted by molar-refractivity contribution is 8.06. The molecule has 0 aromatic heterocycles. The summed E-state index contributed by atoms with van der Waals surface area (Å²) in [6, 6.07) is 0. The molecular formula is C11H9F6NO3S. The van der Waals surface area contributed by atoms with Gasteiger partial charge in [-0.1, -0.05) is 0 Å². The van der Waals surface area contributed by atoms with Gasteiger partial charge in [-0.2, -0.15) is 26.3 Å². The molecule has 4 nitrogen and oxygen atoms in total. The number of hydrogen-bond donors (Lipinski definition) is 0. The summed E-state index contributed by atoms with van der Waals surface area (Å²) in [5.41, 5.74) is -1.97. The van der Waals surface area contributed by atoms with Crippen molar-refractivity contribution < 1.29 is 40.7 Å². The standard InChI is InChI=1S/C11H9F6NO3S/c1-3-21-5-4-18(2)9(22-5)6(7(19)10(12,13)14)8(20)11(15,16)17/h4H,3H2,1-2H3. The summed E-state index contributed by atoms with van der Waals surface area (Å²) in [5, 5.41) is -0.810. The molecular weight excluding hydrogens is 340 g/mol. The number of carbonyl (C=O) groups excluding carboxylic acids is 2. The average Bonchev–Trinajstić information content (AvgIpc) is 2.69. The van der Waals surface area contributed by atoms with Crippen molar-refractivity contribution in [3.05, 3.63) is 21.9 Å². The number of Topliss-reactive ketones (excluding diaryl/α,β-unsaturated/α-hetero) is 2. The third-order valence-corrected chi connectivity index (χ3v) is 3.40. The summed E-state index contributed by atoms with van der Waals surface area (Å²) in [5.74, 6) is -5.70. The molecule has 22 heavy (non-hydrogen) atoms. The Morgan fingerprint density at radius 2 is 1.59 bits per heavy atom. The number of thioether (sulfide) groups is 1. The van der Waals surface area contributed by atoms with E-state index in [1.165, 1.54) is 0 Å². The Bertz CT molecular complexity index is 521. The van der Waals surface area contributed by atoms with Gasteiger partial charge < -0.3 is 9.64 Å². The van der Waals surface area contributed by atoms with E-state index in [9.17, 15) is 35.9 Å². The molecule has 0 aromatic carbocycles. The lowest BCUT2D eigenvalue weighted by atomic mass is 10.1. The zero-order valence-electron chi connectivity index (χ0n) is 11.1. The van der Waals surface area contributed by atoms with Gasteiger partial charge in [-0.05, 0) is 18.7 Å². The van der Waals surface area contributed by atoms with E-state index >= 15 is 0 Å². The van der Waals surface area contributed by atoms with Crippen molar-refractivity contribution in [2.24, 2.45) is 0 Å². The molecule has 1 heterocycles. The Kier molecular flexibility index (Phi) is 5.21. The van der Waals surface area contributed by atoms with Crippen molar-refractivity contribution in [2.45, 2.75) is 19.3 Å². The van der Waals surface area contributed by atoms with Gasteiger partial charge in [0.1, 0.15) is 5.57 Å². The molecule has 0 radical (unpaired) electrons. The maximum absolute atomic E-state index is 12.5. The number of ketones is 2. The van der Waals surface area contributed by atoms with E-state index in [2.05, 4.69) is 0 Å². The van der Waals surface area contributed by atoms with Crippen molar-refractivity contribution in [2.75, 3.05) is 13.7 Å². The molecule has 0 aromatic rings. The predicted octanol–water partition coefficient (Wildman–Crippen LogP) is 2.97. The fourth-order valence-corrected chi connectivity index (χ4v) is 2.49. The first kappa shape index (κ1) is 18.4. The third kappa shape index (κ3) is 3.96. The first-order valence-corrected chi connectivity index (χ1v) is 6.43. The van der Waals surface area contributed by atoms with Crippen molar-refractivity contribution in [3.8, 4) is 0 Å². The number of alkyl halides is 6. The first-order chi connectivity index (χ1) is 9.89. The van der Waals surface area contributed by atoms with E-state index in [-0.39, 0.29) is 11.7 Å². The summed E-state index contributed by atoms with van der Waals surface area (Å²) in [6.07, 6.45) is -10.1. The lowest BCUT2D eigenvalue weighted by Gasteiger charge is -2.17. The topological polar surface area (TPSA) is 46.6 Å². The quantitative estimate of drug-likeness (QED) is 0.338. The molecule has 1 rings (SSSR count). The number of rotatable bonds is 4. The first-order valence-electron chi connectivity index (χ1n) is 5.62. The van der Waals surface area contributed by atoms with Crippen LogP contribution in [0.15, 0.2) is 21.9 Å². The molecule has 0 N–H and O–H groups in total. The average molecular weight is 349 g/mol. The van der Waals surface area contributed by atoms with Crippen LogP contribution in [0.5, 0.6) is 0 Å². The highest BCUT2D eigenvalue weighted by Gasteiger charge is 2.52. The van der Waals surface area contributed by atoms with E-state index < -0.39 is 34.5 Å². The van der Waals surface area contributed by atoms with Crippen LogP contribution in [-0.4, -0.2) is 42.5 Å². The molecule has 0 aliphatic carbocycles. The second kappa shape index (κ2) is 6.23. The summed E-state index contributed by atoms with van der Waals surface area (Å²) in [6.45, 7) is 1.65. The van der Waals surface area contributed by atoms with Crippen molar-refractivity contribution in [3.63, 3.8) is 0 Å². The minimum atomic E-state index is -5.61. The van der Waals surface area contributed by atoms with E-state index in [0.29, 0.717) is 11.8 Å². The molecule has 11 heteroatoms. The van der Waals surface area contributed by atoms with Gasteiger partial charge in [0.25, 0.3) is 11.6 Å². The molecule has 1 aliphatic rings. The van der Waals surface area contributed by atoms with E-state index in [1.807, 2.05) is 0 Å². The monoisotopic (exact) mass is 349 g/mol. The molecule has 0 atom stereocenters. The van der Waals surface area contributed by atoms with Gasteiger partial charge >= 0.3 is 12.4 Å². The third-order valence-electron chi connectivity index (χ3n) is 2.29. The molecule has 1 aliphatic heterocycles. The van der Waals surface area contributed by atoms with E-state index in [0.717, 1.165) is 18.1 Å². The van der Waals surface area contributed by atoms with Crippen LogP contribution >= 0.6 is 11.8 Å². The highest BCUT2D eigenvalue weighted by atomic mass is 32.2. The van der Waals surface area contributed by atoms with Crippen LogP contribution in [0, 0.1) is 0 Å². The second-order valence-electron chi connectivity index (χ2n) is 3.93.